The Labute approximate surface area is 221 Å². The van der Waals surface area contributed by atoms with Crippen LogP contribution in [0.15, 0.2) is 47.4 Å². The maximum absolute atomic E-state index is 13.3. The number of carbonyl (C=O) groups is 1. The van der Waals surface area contributed by atoms with E-state index in [9.17, 15) is 13.2 Å². The molecule has 1 saturated heterocycles. The number of thiazole rings is 1. The maximum Gasteiger partial charge on any atom is 0.243 e. The summed E-state index contributed by atoms with van der Waals surface area (Å²) in [6.07, 6.45) is 1.16. The third kappa shape index (κ3) is 4.54. The van der Waals surface area contributed by atoms with Crippen LogP contribution in [0.5, 0.6) is 11.5 Å². The third-order valence-electron chi connectivity index (χ3n) is 6.34. The van der Waals surface area contributed by atoms with Gasteiger partial charge in [-0.3, -0.25) is 4.79 Å². The number of benzene rings is 2. The summed E-state index contributed by atoms with van der Waals surface area (Å²) in [6, 6.07) is 11.5. The largest absolute Gasteiger partial charge is 0.454 e. The Balaban J connectivity index is 1.22. The zero-order valence-corrected chi connectivity index (χ0v) is 22.1. The van der Waals surface area contributed by atoms with E-state index in [2.05, 4.69) is 15.4 Å². The van der Waals surface area contributed by atoms with E-state index in [1.165, 1.54) is 27.8 Å². The number of fused-ring (bicyclic) bond motifs is 2. The number of aryl methyl sites for hydroxylation is 1. The van der Waals surface area contributed by atoms with Crippen LogP contribution in [0.3, 0.4) is 0 Å². The number of nitrogens with zero attached hydrogens (tertiary/aromatic N) is 4. The van der Waals surface area contributed by atoms with Crippen LogP contribution < -0.4 is 14.8 Å². The Kier molecular flexibility index (Phi) is 6.06. The number of rotatable bonds is 5. The molecule has 1 unspecified atom stereocenters. The third-order valence-corrected chi connectivity index (χ3v) is 9.47. The molecule has 4 aromatic rings. The van der Waals surface area contributed by atoms with Gasteiger partial charge >= 0.3 is 0 Å². The number of sulfonamides is 1. The van der Waals surface area contributed by atoms with Crippen molar-refractivity contribution in [2.45, 2.75) is 24.7 Å². The number of hydrogen-bond acceptors (Lipinski definition) is 8. The molecule has 0 saturated carbocycles. The van der Waals surface area contributed by atoms with Crippen molar-refractivity contribution in [1.29, 1.82) is 0 Å². The van der Waals surface area contributed by atoms with Crippen LogP contribution in [0, 0.1) is 12.8 Å². The van der Waals surface area contributed by atoms with Gasteiger partial charge in [-0.2, -0.15) is 14.1 Å². The molecule has 2 aromatic carbocycles. The fourth-order valence-electron chi connectivity index (χ4n) is 4.49. The zero-order valence-electron chi connectivity index (χ0n) is 19.7. The van der Waals surface area contributed by atoms with Crippen molar-refractivity contribution in [3.05, 3.63) is 53.2 Å². The molecule has 1 atom stereocenters. The lowest BCUT2D eigenvalue weighted by atomic mass is 9.99. The molecular formula is C24H22ClN5O5S2. The molecule has 1 fully saturated rings. The Bertz CT molecular complexity index is 1580. The highest BCUT2D eigenvalue weighted by molar-refractivity contribution is 7.89. The highest BCUT2D eigenvalue weighted by atomic mass is 35.5. The number of ether oxygens (including phenoxy) is 2. The van der Waals surface area contributed by atoms with Crippen LogP contribution in [0.25, 0.3) is 15.3 Å². The molecule has 192 valence electrons. The average Bonchev–Trinajstić information content (AvgIpc) is 3.60. The van der Waals surface area contributed by atoms with Crippen LogP contribution in [-0.4, -0.2) is 53.3 Å². The van der Waals surface area contributed by atoms with Crippen molar-refractivity contribution in [3.63, 3.8) is 0 Å². The van der Waals surface area contributed by atoms with E-state index in [-0.39, 0.29) is 24.1 Å². The second kappa shape index (κ2) is 9.28. The molecule has 2 aliphatic heterocycles. The highest BCUT2D eigenvalue weighted by Crippen LogP contribution is 2.39. The monoisotopic (exact) mass is 559 g/mol. The highest BCUT2D eigenvalue weighted by Gasteiger charge is 2.34. The summed E-state index contributed by atoms with van der Waals surface area (Å²) in [5.41, 5.74) is 1.45. The van der Waals surface area contributed by atoms with E-state index in [4.69, 9.17) is 21.1 Å². The second-order valence-electron chi connectivity index (χ2n) is 8.90. The van der Waals surface area contributed by atoms with Crippen molar-refractivity contribution in [2.24, 2.45) is 5.92 Å². The number of piperidine rings is 1. The van der Waals surface area contributed by atoms with Gasteiger partial charge in [0.15, 0.2) is 11.5 Å². The molecule has 13 heteroatoms. The predicted octanol–water partition coefficient (Wildman–Crippen LogP) is 4.21. The van der Waals surface area contributed by atoms with Crippen LogP contribution in [0.4, 0.5) is 5.82 Å². The molecule has 6 rings (SSSR count). The van der Waals surface area contributed by atoms with Crippen LogP contribution in [-0.2, 0) is 14.8 Å². The number of aromatic nitrogens is 3. The maximum atomic E-state index is 13.3. The summed E-state index contributed by atoms with van der Waals surface area (Å²) in [4.78, 5) is 18.1. The topological polar surface area (TPSA) is 116 Å². The molecule has 1 N–H and O–H groups in total. The first-order valence-electron chi connectivity index (χ1n) is 11.6. The molecule has 0 spiro atoms. The van der Waals surface area contributed by atoms with Gasteiger partial charge in [0.25, 0.3) is 0 Å². The van der Waals surface area contributed by atoms with E-state index in [1.54, 1.807) is 22.9 Å². The molecule has 2 aliphatic rings. The molecular weight excluding hydrogens is 538 g/mol. The van der Waals surface area contributed by atoms with Crippen molar-refractivity contribution < 1.29 is 22.7 Å². The first kappa shape index (κ1) is 24.2. The minimum atomic E-state index is -3.74. The first-order chi connectivity index (χ1) is 17.8. The Morgan fingerprint density at radius 2 is 1.92 bits per heavy atom. The molecule has 2 aromatic heterocycles. The normalized spacial score (nSPS) is 17.8. The van der Waals surface area contributed by atoms with Crippen molar-refractivity contribution in [2.75, 3.05) is 25.2 Å². The lowest BCUT2D eigenvalue weighted by Gasteiger charge is -2.31. The number of amides is 1. The predicted molar refractivity (Wildman–Crippen MR) is 139 cm³/mol. The smallest absolute Gasteiger partial charge is 0.243 e. The van der Waals surface area contributed by atoms with Gasteiger partial charge in [0.2, 0.25) is 27.9 Å². The Morgan fingerprint density at radius 1 is 1.16 bits per heavy atom. The summed E-state index contributed by atoms with van der Waals surface area (Å²) < 4.78 is 41.0. The van der Waals surface area contributed by atoms with Crippen LogP contribution in [0.2, 0.25) is 5.02 Å². The Morgan fingerprint density at radius 3 is 2.70 bits per heavy atom. The SMILES string of the molecule is Cc1cc(NC(=O)C2CCCN(S(=O)(=O)c3ccc(Cl)cc3)C2)n(-c2nc3cc4c(cc3s2)OCO4)n1. The lowest BCUT2D eigenvalue weighted by molar-refractivity contribution is -0.120. The fraction of sp³-hybridized carbons (Fsp3) is 0.292. The van der Waals surface area contributed by atoms with Crippen LogP contribution in [0.1, 0.15) is 18.5 Å². The minimum absolute atomic E-state index is 0.0939. The van der Waals surface area contributed by atoms with Crippen molar-refractivity contribution >= 4 is 54.9 Å². The van der Waals surface area contributed by atoms with Gasteiger partial charge in [0.05, 0.1) is 26.7 Å². The van der Waals surface area contributed by atoms with Gasteiger partial charge in [-0.05, 0) is 44.0 Å². The molecule has 0 radical (unpaired) electrons. The lowest BCUT2D eigenvalue weighted by Crippen LogP contribution is -2.43. The van der Waals surface area contributed by atoms with E-state index in [0.717, 1.165) is 10.2 Å². The second-order valence-corrected chi connectivity index (χ2v) is 12.3. The Hall–Kier alpha value is -3.19. The molecule has 4 heterocycles. The number of nitrogens with one attached hydrogen (secondary N) is 1. The van der Waals surface area contributed by atoms with E-state index in [0.29, 0.717) is 52.6 Å². The van der Waals surface area contributed by atoms with Gasteiger partial charge in [0, 0.05) is 36.3 Å². The average molecular weight is 560 g/mol. The van der Waals surface area contributed by atoms with Crippen LogP contribution >= 0.6 is 22.9 Å². The summed E-state index contributed by atoms with van der Waals surface area (Å²) in [6.45, 7) is 2.47. The van der Waals surface area contributed by atoms with E-state index in [1.807, 2.05) is 19.1 Å². The minimum Gasteiger partial charge on any atom is -0.454 e. The molecule has 1 amide bonds. The number of hydrogen-bond donors (Lipinski definition) is 1. The van der Waals surface area contributed by atoms with Gasteiger partial charge in [-0.25, -0.2) is 13.4 Å². The molecule has 37 heavy (non-hydrogen) atoms. The molecule has 10 nitrogen and oxygen atoms in total. The van der Waals surface area contributed by atoms with Gasteiger partial charge in [-0.1, -0.05) is 22.9 Å². The summed E-state index contributed by atoms with van der Waals surface area (Å²) in [5, 5.41) is 8.51. The summed E-state index contributed by atoms with van der Waals surface area (Å²) in [7, 11) is -3.74. The standard InChI is InChI=1S/C24H22ClN5O5S2/c1-14-9-22(30(28-14)24-26-18-10-19-20(35-13-34-19)11-21(18)36-24)27-23(31)15-3-2-8-29(12-15)37(32,33)17-6-4-16(25)5-7-17/h4-7,9-11,15H,2-3,8,12-13H2,1H3,(H,27,31). The zero-order chi connectivity index (χ0) is 25.7. The van der Waals surface area contributed by atoms with Crippen molar-refractivity contribution in [1.82, 2.24) is 19.1 Å². The van der Waals surface area contributed by atoms with Crippen molar-refractivity contribution in [3.8, 4) is 16.6 Å². The molecule has 0 bridgehead atoms. The molecule has 0 aliphatic carbocycles. The number of carbonyl (C=O) groups excluding carboxylic acids is 1. The summed E-state index contributed by atoms with van der Waals surface area (Å²) >= 11 is 7.33. The van der Waals surface area contributed by atoms with Gasteiger partial charge in [-0.15, -0.1) is 0 Å². The number of anilines is 1. The van der Waals surface area contributed by atoms with Gasteiger partial charge in [0.1, 0.15) is 5.82 Å². The van der Waals surface area contributed by atoms with Gasteiger partial charge < -0.3 is 14.8 Å². The number of halogens is 1. The van der Waals surface area contributed by atoms with E-state index < -0.39 is 15.9 Å². The fourth-order valence-corrected chi connectivity index (χ4v) is 7.08. The first-order valence-corrected chi connectivity index (χ1v) is 14.3. The quantitative estimate of drug-likeness (QED) is 0.389. The summed E-state index contributed by atoms with van der Waals surface area (Å²) in [5.74, 6) is 1.01. The van der Waals surface area contributed by atoms with E-state index >= 15 is 0 Å².